The van der Waals surface area contributed by atoms with Crippen molar-refractivity contribution in [1.82, 2.24) is 0 Å². The molecular formula is C12H19ClO. The van der Waals surface area contributed by atoms with Gasteiger partial charge in [-0.3, -0.25) is 4.79 Å². The molecule has 0 fully saturated rings. The van der Waals surface area contributed by atoms with E-state index in [-0.39, 0.29) is 5.24 Å². The first-order chi connectivity index (χ1) is 6.77. The van der Waals surface area contributed by atoms with E-state index in [9.17, 15) is 4.79 Å². The molecule has 0 unspecified atom stereocenters. The van der Waals surface area contributed by atoms with Crippen molar-refractivity contribution in [2.75, 3.05) is 0 Å². The maximum absolute atomic E-state index is 10.4. The molecule has 0 atom stereocenters. The lowest BCUT2D eigenvalue weighted by Gasteiger charge is -1.93. The van der Waals surface area contributed by atoms with Crippen LogP contribution in [0.5, 0.6) is 0 Å². The second-order valence-corrected chi connectivity index (χ2v) is 3.79. The molecule has 0 amide bonds. The molecule has 0 N–H and O–H groups in total. The third-order valence-electron chi connectivity index (χ3n) is 1.96. The third kappa shape index (κ3) is 11.5. The van der Waals surface area contributed by atoms with E-state index >= 15 is 0 Å². The summed E-state index contributed by atoms with van der Waals surface area (Å²) in [6.07, 6.45) is 7.95. The summed E-state index contributed by atoms with van der Waals surface area (Å²) in [5, 5.41) is -0.223. The van der Waals surface area contributed by atoms with Gasteiger partial charge in [0.25, 0.3) is 0 Å². The predicted octanol–water partition coefficient (Wildman–Crippen LogP) is 3.90. The number of carbonyl (C=O) groups excluding carboxylic acids is 1. The van der Waals surface area contributed by atoms with Crippen LogP contribution in [0, 0.1) is 11.8 Å². The largest absolute Gasteiger partial charge is 0.281 e. The van der Waals surface area contributed by atoms with Crippen molar-refractivity contribution in [3.8, 4) is 11.8 Å². The highest BCUT2D eigenvalue weighted by molar-refractivity contribution is 6.63. The van der Waals surface area contributed by atoms with Gasteiger partial charge in [0.1, 0.15) is 0 Å². The quantitative estimate of drug-likeness (QED) is 0.357. The summed E-state index contributed by atoms with van der Waals surface area (Å²) < 4.78 is 0. The third-order valence-corrected chi connectivity index (χ3v) is 2.14. The molecule has 0 aliphatic carbocycles. The highest BCUT2D eigenvalue weighted by Crippen LogP contribution is 2.04. The van der Waals surface area contributed by atoms with Gasteiger partial charge in [-0.05, 0) is 30.9 Å². The van der Waals surface area contributed by atoms with Gasteiger partial charge < -0.3 is 0 Å². The van der Waals surface area contributed by atoms with Crippen molar-refractivity contribution in [3.05, 3.63) is 0 Å². The Balaban J connectivity index is 3.11. The van der Waals surface area contributed by atoms with E-state index in [1.807, 2.05) is 0 Å². The average molecular weight is 215 g/mol. The van der Waals surface area contributed by atoms with Gasteiger partial charge >= 0.3 is 0 Å². The zero-order valence-electron chi connectivity index (χ0n) is 8.94. The zero-order valence-corrected chi connectivity index (χ0v) is 9.70. The molecule has 0 aliphatic heterocycles. The molecule has 0 bridgehead atoms. The van der Waals surface area contributed by atoms with Gasteiger partial charge in [0.15, 0.2) is 0 Å². The Morgan fingerprint density at radius 2 is 1.71 bits per heavy atom. The van der Waals surface area contributed by atoms with Gasteiger partial charge in [-0.25, -0.2) is 0 Å². The summed E-state index contributed by atoms with van der Waals surface area (Å²) in [7, 11) is 0. The standard InChI is InChI=1S/C12H19ClO/c1-2-3-4-5-6-7-8-9-10-11-12(13)14/h2-4,7-11H2,1H3. The van der Waals surface area contributed by atoms with Gasteiger partial charge in [-0.2, -0.15) is 0 Å². The number of rotatable bonds is 7. The van der Waals surface area contributed by atoms with E-state index < -0.39 is 0 Å². The van der Waals surface area contributed by atoms with E-state index in [0.717, 1.165) is 32.1 Å². The molecule has 0 spiro atoms. The lowest BCUT2D eigenvalue weighted by atomic mass is 10.1. The molecule has 0 aromatic carbocycles. The molecule has 0 aromatic heterocycles. The van der Waals surface area contributed by atoms with Crippen LogP contribution in [0.4, 0.5) is 0 Å². The summed E-state index contributed by atoms with van der Waals surface area (Å²) in [5.41, 5.74) is 0. The maximum atomic E-state index is 10.4. The summed E-state index contributed by atoms with van der Waals surface area (Å²) >= 11 is 5.21. The Morgan fingerprint density at radius 3 is 2.29 bits per heavy atom. The van der Waals surface area contributed by atoms with Crippen LogP contribution in [0.25, 0.3) is 0 Å². The first-order valence-electron chi connectivity index (χ1n) is 5.41. The first-order valence-corrected chi connectivity index (χ1v) is 5.79. The van der Waals surface area contributed by atoms with E-state index in [1.165, 1.54) is 12.8 Å². The predicted molar refractivity (Wildman–Crippen MR) is 61.2 cm³/mol. The Morgan fingerprint density at radius 1 is 1.07 bits per heavy atom. The zero-order chi connectivity index (χ0) is 10.6. The SMILES string of the molecule is CCCCC#CCCCCCC(=O)Cl. The summed E-state index contributed by atoms with van der Waals surface area (Å²) in [6.45, 7) is 2.17. The van der Waals surface area contributed by atoms with Gasteiger partial charge in [0.05, 0.1) is 0 Å². The highest BCUT2D eigenvalue weighted by Gasteiger charge is 1.94. The fourth-order valence-corrected chi connectivity index (χ4v) is 1.23. The molecule has 80 valence electrons. The molecule has 2 heteroatoms. The van der Waals surface area contributed by atoms with Gasteiger partial charge in [-0.1, -0.05) is 19.8 Å². The first kappa shape index (κ1) is 13.5. The number of unbranched alkanes of at least 4 members (excludes halogenated alkanes) is 5. The van der Waals surface area contributed by atoms with Crippen LogP contribution in [0.2, 0.25) is 0 Å². The van der Waals surface area contributed by atoms with Gasteiger partial charge in [0.2, 0.25) is 5.24 Å². The van der Waals surface area contributed by atoms with Crippen molar-refractivity contribution < 1.29 is 4.79 Å². The molecule has 14 heavy (non-hydrogen) atoms. The minimum atomic E-state index is -0.223. The molecule has 0 saturated heterocycles. The molecule has 0 radical (unpaired) electrons. The second kappa shape index (κ2) is 10.6. The molecule has 0 heterocycles. The topological polar surface area (TPSA) is 17.1 Å². The summed E-state index contributed by atoms with van der Waals surface area (Å²) in [4.78, 5) is 10.4. The number of hydrogen-bond donors (Lipinski definition) is 0. The van der Waals surface area contributed by atoms with Crippen molar-refractivity contribution in [1.29, 1.82) is 0 Å². The fraction of sp³-hybridized carbons (Fsp3) is 0.750. The Hall–Kier alpha value is -0.480. The fourth-order valence-electron chi connectivity index (χ4n) is 1.10. The Kier molecular flexibility index (Phi) is 10.2. The smallest absolute Gasteiger partial charge is 0.221 e. The van der Waals surface area contributed by atoms with Gasteiger partial charge in [-0.15, -0.1) is 11.8 Å². The minimum absolute atomic E-state index is 0.223. The van der Waals surface area contributed by atoms with Crippen LogP contribution in [-0.2, 0) is 4.79 Å². The van der Waals surface area contributed by atoms with Crippen LogP contribution in [0.1, 0.15) is 58.3 Å². The minimum Gasteiger partial charge on any atom is -0.281 e. The number of carbonyl (C=O) groups is 1. The van der Waals surface area contributed by atoms with Crippen LogP contribution in [-0.4, -0.2) is 5.24 Å². The highest BCUT2D eigenvalue weighted by atomic mass is 35.5. The Bertz CT molecular complexity index is 200. The van der Waals surface area contributed by atoms with Crippen LogP contribution >= 0.6 is 11.6 Å². The summed E-state index contributed by atoms with van der Waals surface area (Å²) in [5.74, 6) is 6.28. The molecule has 0 aromatic rings. The second-order valence-electron chi connectivity index (χ2n) is 3.37. The van der Waals surface area contributed by atoms with E-state index in [4.69, 9.17) is 11.6 Å². The molecular weight excluding hydrogens is 196 g/mol. The van der Waals surface area contributed by atoms with Gasteiger partial charge in [0, 0.05) is 19.3 Å². The van der Waals surface area contributed by atoms with Crippen molar-refractivity contribution in [2.24, 2.45) is 0 Å². The van der Waals surface area contributed by atoms with E-state index in [0.29, 0.717) is 6.42 Å². The van der Waals surface area contributed by atoms with Crippen LogP contribution in [0.15, 0.2) is 0 Å². The lowest BCUT2D eigenvalue weighted by molar-refractivity contribution is -0.111. The maximum Gasteiger partial charge on any atom is 0.221 e. The van der Waals surface area contributed by atoms with Crippen LogP contribution in [0.3, 0.4) is 0 Å². The molecule has 1 nitrogen and oxygen atoms in total. The number of hydrogen-bond acceptors (Lipinski definition) is 1. The van der Waals surface area contributed by atoms with Crippen molar-refractivity contribution in [3.63, 3.8) is 0 Å². The monoisotopic (exact) mass is 214 g/mol. The normalized spacial score (nSPS) is 9.29. The van der Waals surface area contributed by atoms with E-state index in [2.05, 4.69) is 18.8 Å². The molecule has 0 aliphatic rings. The molecule has 0 saturated carbocycles. The number of halogens is 1. The summed E-state index contributed by atoms with van der Waals surface area (Å²) in [6, 6.07) is 0. The van der Waals surface area contributed by atoms with Crippen molar-refractivity contribution >= 4 is 16.8 Å². The van der Waals surface area contributed by atoms with Crippen LogP contribution < -0.4 is 0 Å². The lowest BCUT2D eigenvalue weighted by Crippen LogP contribution is -1.85. The Labute approximate surface area is 92.2 Å². The average Bonchev–Trinajstić information content (AvgIpc) is 2.15. The molecule has 0 rings (SSSR count). The van der Waals surface area contributed by atoms with E-state index in [1.54, 1.807) is 0 Å². The van der Waals surface area contributed by atoms with Crippen molar-refractivity contribution in [2.45, 2.75) is 58.3 Å².